The third-order valence-electron chi connectivity index (χ3n) is 6.40. The zero-order chi connectivity index (χ0) is 16.5. The molecule has 0 bridgehead atoms. The molecule has 2 rings (SSSR count). The topological polar surface area (TPSA) is 17.1 Å². The molecule has 0 amide bonds. The second-order valence-corrected chi connectivity index (χ2v) is 8.29. The maximum atomic E-state index is 11.7. The molecule has 122 valence electrons. The molecule has 2 saturated carbocycles. The molecule has 0 aromatic heterocycles. The van der Waals surface area contributed by atoms with Gasteiger partial charge in [0, 0.05) is 18.3 Å². The van der Waals surface area contributed by atoms with Crippen molar-refractivity contribution in [2.24, 2.45) is 40.9 Å². The molecular formula is C21H32O. The summed E-state index contributed by atoms with van der Waals surface area (Å²) in [7, 11) is 0. The molecule has 0 heterocycles. The Morgan fingerprint density at radius 2 is 1.95 bits per heavy atom. The Morgan fingerprint density at radius 3 is 2.59 bits per heavy atom. The Balaban J connectivity index is 2.04. The SMILES string of the molecule is CC#CC(C)(C)C(C)[C@H](C)/C=C/[C@@H]1[C@H]2CC(=O)C[C@H]2C[C@H]1C. The minimum absolute atomic E-state index is 0.0473. The maximum Gasteiger partial charge on any atom is 0.133 e. The summed E-state index contributed by atoms with van der Waals surface area (Å²) in [5, 5.41) is 0. The van der Waals surface area contributed by atoms with Crippen molar-refractivity contribution in [2.75, 3.05) is 0 Å². The quantitative estimate of drug-likeness (QED) is 0.520. The van der Waals surface area contributed by atoms with Gasteiger partial charge in [0.1, 0.15) is 5.78 Å². The third kappa shape index (κ3) is 3.48. The Bertz CT molecular complexity index is 502. The van der Waals surface area contributed by atoms with Crippen LogP contribution in [0, 0.1) is 52.8 Å². The van der Waals surface area contributed by atoms with E-state index in [1.54, 1.807) is 0 Å². The molecule has 0 radical (unpaired) electrons. The summed E-state index contributed by atoms with van der Waals surface area (Å²) in [6.45, 7) is 13.4. The van der Waals surface area contributed by atoms with E-state index in [2.05, 4.69) is 58.6 Å². The predicted octanol–water partition coefficient (Wildman–Crippen LogP) is 5.12. The van der Waals surface area contributed by atoms with Gasteiger partial charge in [-0.1, -0.05) is 38.8 Å². The number of carbonyl (C=O) groups excluding carboxylic acids is 1. The number of Topliss-reactive ketones (excluding diaryl/α,β-unsaturated/α-hetero) is 1. The standard InChI is InChI=1S/C21H32O/c1-7-10-21(5,6)16(4)14(2)8-9-19-15(3)11-17-12-18(22)13-20(17)19/h8-9,14-17,19-20H,11-13H2,1-6H3/b9-8+/t14-,15-,16?,17-,19+,20+/m1/s1. The fourth-order valence-corrected chi connectivity index (χ4v) is 4.62. The average Bonchev–Trinajstić information content (AvgIpc) is 2.90. The highest BCUT2D eigenvalue weighted by molar-refractivity contribution is 5.81. The average molecular weight is 300 g/mol. The van der Waals surface area contributed by atoms with E-state index in [0.717, 1.165) is 18.8 Å². The molecule has 2 aliphatic carbocycles. The lowest BCUT2D eigenvalue weighted by molar-refractivity contribution is -0.118. The van der Waals surface area contributed by atoms with Crippen molar-refractivity contribution < 1.29 is 4.79 Å². The van der Waals surface area contributed by atoms with Gasteiger partial charge in [-0.2, -0.15) is 0 Å². The molecule has 0 saturated heterocycles. The molecule has 2 fully saturated rings. The van der Waals surface area contributed by atoms with E-state index in [-0.39, 0.29) is 5.41 Å². The zero-order valence-corrected chi connectivity index (χ0v) is 15.1. The number of ketones is 1. The van der Waals surface area contributed by atoms with Gasteiger partial charge in [0.25, 0.3) is 0 Å². The largest absolute Gasteiger partial charge is 0.300 e. The van der Waals surface area contributed by atoms with Gasteiger partial charge in [-0.15, -0.1) is 5.92 Å². The predicted molar refractivity (Wildman–Crippen MR) is 93.2 cm³/mol. The van der Waals surface area contributed by atoms with Crippen molar-refractivity contribution >= 4 is 5.78 Å². The molecule has 1 heteroatoms. The first-order chi connectivity index (χ1) is 10.3. The Morgan fingerprint density at radius 1 is 1.27 bits per heavy atom. The fourth-order valence-electron chi connectivity index (χ4n) is 4.62. The summed E-state index contributed by atoms with van der Waals surface area (Å²) < 4.78 is 0. The van der Waals surface area contributed by atoms with Crippen molar-refractivity contribution in [3.8, 4) is 11.8 Å². The first-order valence-corrected chi connectivity index (χ1v) is 8.90. The maximum absolute atomic E-state index is 11.7. The van der Waals surface area contributed by atoms with Crippen LogP contribution >= 0.6 is 0 Å². The van der Waals surface area contributed by atoms with E-state index < -0.39 is 0 Å². The van der Waals surface area contributed by atoms with Crippen LogP contribution in [-0.2, 0) is 4.79 Å². The second kappa shape index (κ2) is 6.61. The molecule has 0 aromatic rings. The first kappa shape index (κ1) is 17.3. The molecule has 22 heavy (non-hydrogen) atoms. The molecule has 1 unspecified atom stereocenters. The number of hydrogen-bond donors (Lipinski definition) is 0. The van der Waals surface area contributed by atoms with Crippen LogP contribution in [0.4, 0.5) is 0 Å². The molecule has 0 N–H and O–H groups in total. The van der Waals surface area contributed by atoms with Gasteiger partial charge in [0.15, 0.2) is 0 Å². The lowest BCUT2D eigenvalue weighted by Crippen LogP contribution is -2.25. The number of fused-ring (bicyclic) bond motifs is 1. The van der Waals surface area contributed by atoms with Gasteiger partial charge in [-0.05, 0) is 62.7 Å². The van der Waals surface area contributed by atoms with Crippen LogP contribution < -0.4 is 0 Å². The number of hydrogen-bond acceptors (Lipinski definition) is 1. The van der Waals surface area contributed by atoms with E-state index in [0.29, 0.717) is 35.4 Å². The summed E-state index contributed by atoms with van der Waals surface area (Å²) in [6, 6.07) is 0. The van der Waals surface area contributed by atoms with Crippen LogP contribution in [0.5, 0.6) is 0 Å². The molecular weight excluding hydrogens is 268 g/mol. The molecule has 6 atom stereocenters. The fraction of sp³-hybridized carbons (Fsp3) is 0.762. The molecule has 0 spiro atoms. The minimum Gasteiger partial charge on any atom is -0.300 e. The number of allylic oxidation sites excluding steroid dienone is 2. The smallest absolute Gasteiger partial charge is 0.133 e. The molecule has 0 aromatic carbocycles. The van der Waals surface area contributed by atoms with Crippen LogP contribution in [0.1, 0.15) is 60.8 Å². The van der Waals surface area contributed by atoms with E-state index in [1.165, 1.54) is 6.42 Å². The summed E-state index contributed by atoms with van der Waals surface area (Å²) in [4.78, 5) is 11.7. The normalized spacial score (nSPS) is 34.4. The van der Waals surface area contributed by atoms with E-state index in [9.17, 15) is 4.79 Å². The van der Waals surface area contributed by atoms with E-state index in [4.69, 9.17) is 0 Å². The van der Waals surface area contributed by atoms with Gasteiger partial charge < -0.3 is 0 Å². The number of carbonyl (C=O) groups is 1. The summed E-state index contributed by atoms with van der Waals surface area (Å²) in [5.74, 6) is 10.6. The first-order valence-electron chi connectivity index (χ1n) is 8.90. The van der Waals surface area contributed by atoms with Crippen LogP contribution in [-0.4, -0.2) is 5.78 Å². The Kier molecular flexibility index (Phi) is 5.21. The highest BCUT2D eigenvalue weighted by Gasteiger charge is 2.45. The molecule has 0 aliphatic heterocycles. The van der Waals surface area contributed by atoms with E-state index >= 15 is 0 Å². The lowest BCUT2D eigenvalue weighted by atomic mass is 9.73. The van der Waals surface area contributed by atoms with Gasteiger partial charge in [-0.25, -0.2) is 0 Å². The van der Waals surface area contributed by atoms with Crippen molar-refractivity contribution in [1.82, 2.24) is 0 Å². The highest BCUT2D eigenvalue weighted by Crippen LogP contribution is 2.50. The van der Waals surface area contributed by atoms with Gasteiger partial charge in [0.05, 0.1) is 0 Å². The lowest BCUT2D eigenvalue weighted by Gasteiger charge is -2.30. The Labute approximate surface area is 136 Å². The van der Waals surface area contributed by atoms with Crippen molar-refractivity contribution in [3.63, 3.8) is 0 Å². The highest BCUT2D eigenvalue weighted by atomic mass is 16.1. The van der Waals surface area contributed by atoms with Crippen LogP contribution in [0.15, 0.2) is 12.2 Å². The van der Waals surface area contributed by atoms with Crippen molar-refractivity contribution in [3.05, 3.63) is 12.2 Å². The molecule has 1 nitrogen and oxygen atoms in total. The zero-order valence-electron chi connectivity index (χ0n) is 15.1. The van der Waals surface area contributed by atoms with Gasteiger partial charge in [0.2, 0.25) is 0 Å². The third-order valence-corrected chi connectivity index (χ3v) is 6.40. The van der Waals surface area contributed by atoms with E-state index in [1.807, 2.05) is 6.92 Å². The van der Waals surface area contributed by atoms with Gasteiger partial charge in [-0.3, -0.25) is 4.79 Å². The summed E-state index contributed by atoms with van der Waals surface area (Å²) in [6.07, 6.45) is 7.73. The van der Waals surface area contributed by atoms with Gasteiger partial charge >= 0.3 is 0 Å². The van der Waals surface area contributed by atoms with Crippen molar-refractivity contribution in [1.29, 1.82) is 0 Å². The monoisotopic (exact) mass is 300 g/mol. The van der Waals surface area contributed by atoms with Crippen LogP contribution in [0.25, 0.3) is 0 Å². The Hall–Kier alpha value is -1.03. The number of rotatable bonds is 4. The second-order valence-electron chi connectivity index (χ2n) is 8.29. The summed E-state index contributed by atoms with van der Waals surface area (Å²) >= 11 is 0. The van der Waals surface area contributed by atoms with Crippen LogP contribution in [0.3, 0.4) is 0 Å². The minimum atomic E-state index is 0.0473. The van der Waals surface area contributed by atoms with Crippen molar-refractivity contribution in [2.45, 2.75) is 60.8 Å². The molecule has 2 aliphatic rings. The summed E-state index contributed by atoms with van der Waals surface area (Å²) in [5.41, 5.74) is 0.0473. The van der Waals surface area contributed by atoms with Crippen LogP contribution in [0.2, 0.25) is 0 Å².